The van der Waals surface area contributed by atoms with Crippen LogP contribution in [0.4, 0.5) is 0 Å². The summed E-state index contributed by atoms with van der Waals surface area (Å²) in [6.07, 6.45) is 4.94. The zero-order valence-electron chi connectivity index (χ0n) is 11.2. The van der Waals surface area contributed by atoms with E-state index in [0.717, 1.165) is 0 Å². The van der Waals surface area contributed by atoms with Gasteiger partial charge >= 0.3 is 5.97 Å². The first kappa shape index (κ1) is 14.9. The molecule has 1 saturated carbocycles. The number of methoxy groups -OCH3 is 1. The van der Waals surface area contributed by atoms with Gasteiger partial charge in [0.2, 0.25) is 10.0 Å². The maximum Gasteiger partial charge on any atom is 0.310 e. The Hall–Kier alpha value is -1.48. The normalized spacial score (nSPS) is 22.9. The van der Waals surface area contributed by atoms with Gasteiger partial charge in [-0.25, -0.2) is 13.1 Å². The van der Waals surface area contributed by atoms with E-state index >= 15 is 0 Å². The van der Waals surface area contributed by atoms with Crippen LogP contribution in [-0.4, -0.2) is 48.3 Å². The minimum absolute atomic E-state index is 0.218. The topological polar surface area (TPSA) is 103 Å². The molecule has 2 unspecified atom stereocenters. The number of rotatable bonds is 6. The number of nitrogens with one attached hydrogen (secondary N) is 1. The summed E-state index contributed by atoms with van der Waals surface area (Å²) in [5.74, 6) is -1.02. The summed E-state index contributed by atoms with van der Waals surface area (Å²) >= 11 is 0. The van der Waals surface area contributed by atoms with Crippen molar-refractivity contribution in [1.82, 2.24) is 19.7 Å². The molecule has 1 aliphatic rings. The Balaban J connectivity index is 1.93. The van der Waals surface area contributed by atoms with Crippen LogP contribution in [-0.2, 0) is 26.1 Å². The molecular formula is C11H18N4O4S. The van der Waals surface area contributed by atoms with Crippen molar-refractivity contribution < 1.29 is 17.9 Å². The van der Waals surface area contributed by atoms with Crippen molar-refractivity contribution in [2.45, 2.75) is 31.1 Å². The second-order valence-corrected chi connectivity index (χ2v) is 6.69. The predicted octanol–water partition coefficient (Wildman–Crippen LogP) is -0.461. The third-order valence-corrected chi connectivity index (χ3v) is 5.44. The Morgan fingerprint density at radius 1 is 1.50 bits per heavy atom. The molecule has 8 nitrogen and oxygen atoms in total. The summed E-state index contributed by atoms with van der Waals surface area (Å²) < 4.78 is 33.2. The molecule has 0 aromatic carbocycles. The van der Waals surface area contributed by atoms with Crippen LogP contribution in [0.25, 0.3) is 0 Å². The van der Waals surface area contributed by atoms with Crippen LogP contribution in [0.3, 0.4) is 0 Å². The molecule has 1 aliphatic carbocycles. The van der Waals surface area contributed by atoms with Crippen LogP contribution < -0.4 is 4.72 Å². The molecule has 1 heterocycles. The highest BCUT2D eigenvalue weighted by molar-refractivity contribution is 7.90. The largest absolute Gasteiger partial charge is 0.469 e. The van der Waals surface area contributed by atoms with E-state index in [4.69, 9.17) is 0 Å². The number of nitrogens with zero attached hydrogens (tertiary/aromatic N) is 3. The summed E-state index contributed by atoms with van der Waals surface area (Å²) in [5, 5.41) is 6.68. The van der Waals surface area contributed by atoms with E-state index < -0.39 is 27.2 Å². The summed E-state index contributed by atoms with van der Waals surface area (Å²) in [6.45, 7) is 0.616. The first-order chi connectivity index (χ1) is 9.54. The van der Waals surface area contributed by atoms with Crippen LogP contribution in [0.5, 0.6) is 0 Å². The highest BCUT2D eigenvalue weighted by atomic mass is 32.2. The number of esters is 1. The monoisotopic (exact) mass is 302 g/mol. The van der Waals surface area contributed by atoms with E-state index in [1.54, 1.807) is 6.20 Å². The van der Waals surface area contributed by atoms with Crippen molar-refractivity contribution in [3.05, 3.63) is 12.4 Å². The molecule has 20 heavy (non-hydrogen) atoms. The minimum Gasteiger partial charge on any atom is -0.469 e. The lowest BCUT2D eigenvalue weighted by Gasteiger charge is -2.18. The fourth-order valence-electron chi connectivity index (χ4n) is 2.48. The number of ether oxygens (including phenoxy) is 1. The van der Waals surface area contributed by atoms with Crippen LogP contribution in [0.2, 0.25) is 0 Å². The lowest BCUT2D eigenvalue weighted by Crippen LogP contribution is -2.40. The molecule has 0 saturated heterocycles. The Morgan fingerprint density at radius 2 is 2.30 bits per heavy atom. The Bertz CT molecular complexity index is 543. The van der Waals surface area contributed by atoms with Gasteiger partial charge < -0.3 is 4.74 Å². The van der Waals surface area contributed by atoms with E-state index in [9.17, 15) is 13.2 Å². The Labute approximate surface area is 117 Å². The zero-order valence-corrected chi connectivity index (χ0v) is 12.0. The maximum atomic E-state index is 12.2. The Kier molecular flexibility index (Phi) is 4.71. The van der Waals surface area contributed by atoms with Crippen molar-refractivity contribution in [1.29, 1.82) is 0 Å². The minimum atomic E-state index is -3.53. The van der Waals surface area contributed by atoms with Gasteiger partial charge in [0.25, 0.3) is 0 Å². The van der Waals surface area contributed by atoms with Crippen LogP contribution >= 0.6 is 0 Å². The molecule has 112 valence electrons. The number of carbonyl (C=O) groups excluding carboxylic acids is 1. The van der Waals surface area contributed by atoms with E-state index in [1.165, 1.54) is 18.0 Å². The quantitative estimate of drug-likeness (QED) is 0.713. The van der Waals surface area contributed by atoms with Crippen molar-refractivity contribution in [2.24, 2.45) is 5.92 Å². The van der Waals surface area contributed by atoms with Gasteiger partial charge in [-0.2, -0.15) is 0 Å². The number of sulfonamides is 1. The molecule has 0 amide bonds. The van der Waals surface area contributed by atoms with E-state index in [-0.39, 0.29) is 6.54 Å². The number of aromatic nitrogens is 3. The average molecular weight is 302 g/mol. The van der Waals surface area contributed by atoms with E-state index in [0.29, 0.717) is 25.8 Å². The molecular weight excluding hydrogens is 284 g/mol. The predicted molar refractivity (Wildman–Crippen MR) is 70.1 cm³/mol. The van der Waals surface area contributed by atoms with Gasteiger partial charge in [0, 0.05) is 12.7 Å². The molecule has 2 rings (SSSR count). The zero-order chi connectivity index (χ0) is 14.6. The summed E-state index contributed by atoms with van der Waals surface area (Å²) in [4.78, 5) is 11.6. The van der Waals surface area contributed by atoms with Gasteiger partial charge in [-0.05, 0) is 12.8 Å². The summed E-state index contributed by atoms with van der Waals surface area (Å²) in [6, 6.07) is 0. The average Bonchev–Trinajstić information content (AvgIpc) is 3.08. The smallest absolute Gasteiger partial charge is 0.310 e. The fourth-order valence-corrected chi connectivity index (χ4v) is 4.23. The molecule has 0 aliphatic heterocycles. The summed E-state index contributed by atoms with van der Waals surface area (Å²) in [5.41, 5.74) is 0. The number of carbonyl (C=O) groups is 1. The van der Waals surface area contributed by atoms with Crippen LogP contribution in [0.1, 0.15) is 19.3 Å². The first-order valence-electron chi connectivity index (χ1n) is 6.45. The standard InChI is InChI=1S/C11H18N4O4S/c1-19-11(16)9-3-2-4-10(9)20(17,18)13-6-8-15-7-5-12-14-15/h5,7,9-10,13H,2-4,6,8H2,1H3. The van der Waals surface area contributed by atoms with Gasteiger partial charge in [-0.3, -0.25) is 9.48 Å². The highest BCUT2D eigenvalue weighted by Gasteiger charge is 2.41. The molecule has 0 spiro atoms. The van der Waals surface area contributed by atoms with Crippen molar-refractivity contribution in [2.75, 3.05) is 13.7 Å². The second kappa shape index (κ2) is 6.31. The van der Waals surface area contributed by atoms with Crippen molar-refractivity contribution in [3.8, 4) is 0 Å². The second-order valence-electron chi connectivity index (χ2n) is 4.70. The summed E-state index contributed by atoms with van der Waals surface area (Å²) in [7, 11) is -2.25. The van der Waals surface area contributed by atoms with E-state index in [2.05, 4.69) is 19.8 Å². The third-order valence-electron chi connectivity index (χ3n) is 3.47. The van der Waals surface area contributed by atoms with E-state index in [1.807, 2.05) is 0 Å². The third kappa shape index (κ3) is 3.34. The number of hydrogen-bond acceptors (Lipinski definition) is 6. The van der Waals surface area contributed by atoms with Gasteiger partial charge in [0.1, 0.15) is 0 Å². The van der Waals surface area contributed by atoms with Crippen LogP contribution in [0.15, 0.2) is 12.4 Å². The van der Waals surface area contributed by atoms with Gasteiger partial charge in [0.15, 0.2) is 0 Å². The molecule has 1 N–H and O–H groups in total. The molecule has 1 aromatic heterocycles. The molecule has 9 heteroatoms. The molecule has 1 fully saturated rings. The first-order valence-corrected chi connectivity index (χ1v) is 7.99. The lowest BCUT2D eigenvalue weighted by atomic mass is 10.1. The highest BCUT2D eigenvalue weighted by Crippen LogP contribution is 2.31. The molecule has 1 aromatic rings. The maximum absolute atomic E-state index is 12.2. The molecule has 2 atom stereocenters. The van der Waals surface area contributed by atoms with Gasteiger partial charge in [-0.15, -0.1) is 5.10 Å². The number of hydrogen-bond donors (Lipinski definition) is 1. The SMILES string of the molecule is COC(=O)C1CCCC1S(=O)(=O)NCCn1ccnn1. The molecule has 0 bridgehead atoms. The van der Waals surface area contributed by atoms with Crippen molar-refractivity contribution >= 4 is 16.0 Å². The molecule has 0 radical (unpaired) electrons. The fraction of sp³-hybridized carbons (Fsp3) is 0.727. The lowest BCUT2D eigenvalue weighted by molar-refractivity contribution is -0.145. The van der Waals surface area contributed by atoms with Crippen LogP contribution in [0, 0.1) is 5.92 Å². The van der Waals surface area contributed by atoms with Gasteiger partial charge in [0.05, 0.1) is 31.0 Å². The Morgan fingerprint density at radius 3 is 2.95 bits per heavy atom. The van der Waals surface area contributed by atoms with Crippen molar-refractivity contribution in [3.63, 3.8) is 0 Å². The van der Waals surface area contributed by atoms with Gasteiger partial charge in [-0.1, -0.05) is 11.6 Å².